The van der Waals surface area contributed by atoms with Gasteiger partial charge < -0.3 is 10.5 Å². The van der Waals surface area contributed by atoms with Gasteiger partial charge in [-0.25, -0.2) is 4.79 Å². The zero-order valence-corrected chi connectivity index (χ0v) is 18.5. The second-order valence-corrected chi connectivity index (χ2v) is 9.31. The van der Waals surface area contributed by atoms with Crippen LogP contribution in [0.25, 0.3) is 0 Å². The Hall–Kier alpha value is -1.67. The number of aromatic nitrogens is 2. The average molecular weight is 456 g/mol. The Morgan fingerprint density at radius 3 is 2.61 bits per heavy atom. The summed E-state index contributed by atoms with van der Waals surface area (Å²) in [7, 11) is 0. The van der Waals surface area contributed by atoms with Gasteiger partial charge in [-0.1, -0.05) is 41.0 Å². The third kappa shape index (κ3) is 5.23. The van der Waals surface area contributed by atoms with E-state index in [4.69, 9.17) is 38.8 Å². The van der Waals surface area contributed by atoms with Gasteiger partial charge in [-0.05, 0) is 43.5 Å². The monoisotopic (exact) mass is 455 g/mol. The number of hydrogen-bond donors (Lipinski definition) is 1. The maximum Gasteiger partial charge on any atom is 0.404 e. The molecule has 0 fully saturated rings. The van der Waals surface area contributed by atoms with Crippen molar-refractivity contribution in [1.29, 1.82) is 0 Å². The first-order valence-electron chi connectivity index (χ1n) is 8.52. The van der Waals surface area contributed by atoms with Crippen molar-refractivity contribution in [1.82, 2.24) is 9.78 Å². The minimum atomic E-state index is -0.822. The molecule has 0 bridgehead atoms. The Kier molecular flexibility index (Phi) is 6.93. The highest BCUT2D eigenvalue weighted by Crippen LogP contribution is 2.38. The lowest BCUT2D eigenvalue weighted by Crippen LogP contribution is -2.13. The highest BCUT2D eigenvalue weighted by Gasteiger charge is 2.22. The zero-order valence-electron chi connectivity index (χ0n) is 15.3. The molecule has 28 heavy (non-hydrogen) atoms. The van der Waals surface area contributed by atoms with E-state index in [9.17, 15) is 4.79 Å². The molecule has 0 aliphatic rings. The minimum Gasteiger partial charge on any atom is -0.443 e. The highest BCUT2D eigenvalue weighted by atomic mass is 35.5. The number of rotatable bonds is 7. The molecule has 0 aliphatic carbocycles. The largest absolute Gasteiger partial charge is 0.443 e. The van der Waals surface area contributed by atoms with Gasteiger partial charge >= 0.3 is 6.09 Å². The fourth-order valence-corrected chi connectivity index (χ4v) is 5.30. The molecule has 3 rings (SSSR count). The minimum absolute atomic E-state index is 0.0274. The fraction of sp³-hybridized carbons (Fsp3) is 0.263. The lowest BCUT2D eigenvalue weighted by atomic mass is 10.1. The van der Waals surface area contributed by atoms with Crippen LogP contribution in [0.2, 0.25) is 10.0 Å². The van der Waals surface area contributed by atoms with E-state index in [1.165, 1.54) is 16.6 Å². The van der Waals surface area contributed by atoms with Crippen molar-refractivity contribution in [3.05, 3.63) is 61.9 Å². The number of carbonyl (C=O) groups excluding carboxylic acids is 1. The molecule has 2 aromatic heterocycles. The Morgan fingerprint density at radius 1 is 1.32 bits per heavy atom. The molecule has 0 radical (unpaired) electrons. The smallest absolute Gasteiger partial charge is 0.404 e. The topological polar surface area (TPSA) is 70.1 Å². The molecule has 0 spiro atoms. The van der Waals surface area contributed by atoms with Gasteiger partial charge in [0.2, 0.25) is 0 Å². The maximum absolute atomic E-state index is 11.1. The van der Waals surface area contributed by atoms with Crippen LogP contribution in [-0.4, -0.2) is 15.9 Å². The third-order valence-electron chi connectivity index (χ3n) is 3.87. The standard InChI is InChI=1S/C19H19Cl2N3O2S2/c1-11(2)24-18(28-15-7-12(20)6-13(21)8-15)16(9-14-4-3-5-27-14)17(23-24)10-26-19(22)25/h3-8,11H,9-10H2,1-2H3,(H2,22,25). The van der Waals surface area contributed by atoms with Gasteiger partial charge in [-0.3, -0.25) is 4.68 Å². The van der Waals surface area contributed by atoms with Crippen LogP contribution in [0.3, 0.4) is 0 Å². The Bertz CT molecular complexity index is 952. The number of carbonyl (C=O) groups is 1. The van der Waals surface area contributed by atoms with Crippen molar-refractivity contribution < 1.29 is 9.53 Å². The first-order chi connectivity index (χ1) is 13.3. The maximum atomic E-state index is 11.1. The van der Waals surface area contributed by atoms with Crippen LogP contribution in [-0.2, 0) is 17.8 Å². The van der Waals surface area contributed by atoms with E-state index in [1.807, 2.05) is 28.3 Å². The number of benzene rings is 1. The number of halogens is 2. The van der Waals surface area contributed by atoms with Crippen molar-refractivity contribution in [2.75, 3.05) is 0 Å². The van der Waals surface area contributed by atoms with E-state index >= 15 is 0 Å². The first-order valence-corrected chi connectivity index (χ1v) is 11.0. The van der Waals surface area contributed by atoms with Gasteiger partial charge in [0.25, 0.3) is 0 Å². The van der Waals surface area contributed by atoms with Crippen LogP contribution in [0.5, 0.6) is 0 Å². The average Bonchev–Trinajstić information content (AvgIpc) is 3.21. The van der Waals surface area contributed by atoms with Gasteiger partial charge in [-0.15, -0.1) is 11.3 Å². The summed E-state index contributed by atoms with van der Waals surface area (Å²) in [6.45, 7) is 4.13. The summed E-state index contributed by atoms with van der Waals surface area (Å²) in [5, 5.41) is 8.84. The van der Waals surface area contributed by atoms with Crippen LogP contribution in [0.15, 0.2) is 45.6 Å². The normalized spacial score (nSPS) is 11.2. The number of nitrogens with two attached hydrogens (primary N) is 1. The molecule has 2 N–H and O–H groups in total. The van der Waals surface area contributed by atoms with Crippen molar-refractivity contribution >= 4 is 52.4 Å². The van der Waals surface area contributed by atoms with E-state index < -0.39 is 6.09 Å². The fourth-order valence-electron chi connectivity index (χ4n) is 2.68. The zero-order chi connectivity index (χ0) is 20.3. The predicted octanol–water partition coefficient (Wildman–Crippen LogP) is 6.17. The van der Waals surface area contributed by atoms with Crippen molar-refractivity contribution in [3.8, 4) is 0 Å². The number of thiophene rings is 1. The number of primary amides is 1. The van der Waals surface area contributed by atoms with Gasteiger partial charge in [-0.2, -0.15) is 5.10 Å². The van der Waals surface area contributed by atoms with Crippen LogP contribution in [0.1, 0.15) is 36.0 Å². The summed E-state index contributed by atoms with van der Waals surface area (Å²) in [6.07, 6.45) is -0.143. The molecular weight excluding hydrogens is 437 g/mol. The number of ether oxygens (including phenoxy) is 1. The van der Waals surface area contributed by atoms with Crippen molar-refractivity contribution in [2.24, 2.45) is 5.73 Å². The summed E-state index contributed by atoms with van der Waals surface area (Å²) < 4.78 is 6.97. The Balaban J connectivity index is 2.06. The summed E-state index contributed by atoms with van der Waals surface area (Å²) in [4.78, 5) is 13.2. The first kappa shape index (κ1) is 21.0. The molecule has 2 heterocycles. The SMILES string of the molecule is CC(C)n1nc(COC(N)=O)c(Cc2cccs2)c1Sc1cc(Cl)cc(Cl)c1. The lowest BCUT2D eigenvalue weighted by molar-refractivity contribution is 0.148. The summed E-state index contributed by atoms with van der Waals surface area (Å²) in [5.74, 6) is 0. The summed E-state index contributed by atoms with van der Waals surface area (Å²) in [6, 6.07) is 9.62. The molecule has 0 aliphatic heterocycles. The van der Waals surface area contributed by atoms with E-state index in [2.05, 4.69) is 19.9 Å². The molecule has 0 atom stereocenters. The number of amides is 1. The van der Waals surface area contributed by atoms with Gasteiger partial charge in [0.15, 0.2) is 0 Å². The van der Waals surface area contributed by atoms with E-state index in [1.54, 1.807) is 17.4 Å². The molecular formula is C19H19Cl2N3O2S2. The molecule has 1 amide bonds. The summed E-state index contributed by atoms with van der Waals surface area (Å²) in [5.41, 5.74) is 6.85. The molecule has 5 nitrogen and oxygen atoms in total. The van der Waals surface area contributed by atoms with Crippen LogP contribution in [0, 0.1) is 0 Å². The number of nitrogens with zero attached hydrogens (tertiary/aromatic N) is 2. The lowest BCUT2D eigenvalue weighted by Gasteiger charge is -2.12. The van der Waals surface area contributed by atoms with E-state index in [0.717, 1.165) is 15.5 Å². The van der Waals surface area contributed by atoms with Crippen LogP contribution >= 0.6 is 46.3 Å². The second-order valence-electron chi connectivity index (χ2n) is 6.34. The molecule has 1 aromatic carbocycles. The van der Waals surface area contributed by atoms with E-state index in [0.29, 0.717) is 22.2 Å². The molecule has 148 valence electrons. The third-order valence-corrected chi connectivity index (χ3v) is 6.28. The van der Waals surface area contributed by atoms with Crippen LogP contribution in [0.4, 0.5) is 4.79 Å². The van der Waals surface area contributed by atoms with Crippen LogP contribution < -0.4 is 5.73 Å². The molecule has 0 saturated heterocycles. The quantitative estimate of drug-likeness (QED) is 0.462. The van der Waals surface area contributed by atoms with E-state index in [-0.39, 0.29) is 12.6 Å². The molecule has 3 aromatic rings. The Morgan fingerprint density at radius 2 is 2.04 bits per heavy atom. The van der Waals surface area contributed by atoms with Gasteiger partial charge in [0, 0.05) is 37.8 Å². The highest BCUT2D eigenvalue weighted by molar-refractivity contribution is 7.99. The Labute approximate surface area is 181 Å². The second kappa shape index (κ2) is 9.22. The molecule has 0 unspecified atom stereocenters. The van der Waals surface area contributed by atoms with Crippen molar-refractivity contribution in [2.45, 2.75) is 42.8 Å². The summed E-state index contributed by atoms with van der Waals surface area (Å²) >= 11 is 15.6. The molecule has 9 heteroatoms. The number of hydrogen-bond acceptors (Lipinski definition) is 5. The van der Waals surface area contributed by atoms with Gasteiger partial charge in [0.1, 0.15) is 17.3 Å². The predicted molar refractivity (Wildman–Crippen MR) is 115 cm³/mol. The molecule has 0 saturated carbocycles. The van der Waals surface area contributed by atoms with Crippen molar-refractivity contribution in [3.63, 3.8) is 0 Å². The van der Waals surface area contributed by atoms with Gasteiger partial charge in [0.05, 0.1) is 0 Å².